The molecule has 24 heavy (non-hydrogen) atoms. The highest BCUT2D eigenvalue weighted by molar-refractivity contribution is 7.10. The second kappa shape index (κ2) is 7.60. The van der Waals surface area contributed by atoms with E-state index in [2.05, 4.69) is 16.1 Å². The Morgan fingerprint density at radius 2 is 2.46 bits per heavy atom. The Morgan fingerprint density at radius 3 is 3.21 bits per heavy atom. The highest BCUT2D eigenvalue weighted by Gasteiger charge is 2.23. The van der Waals surface area contributed by atoms with E-state index in [1.54, 1.807) is 30.7 Å². The van der Waals surface area contributed by atoms with E-state index in [-0.39, 0.29) is 12.0 Å². The third kappa shape index (κ3) is 3.83. The minimum atomic E-state index is -0.320. The van der Waals surface area contributed by atoms with Gasteiger partial charge in [-0.15, -0.1) is 11.3 Å². The van der Waals surface area contributed by atoms with Gasteiger partial charge in [-0.1, -0.05) is 0 Å². The molecule has 0 N–H and O–H groups in total. The molecule has 1 saturated heterocycles. The molecule has 0 saturated carbocycles. The monoisotopic (exact) mass is 344 g/mol. The highest BCUT2D eigenvalue weighted by Crippen LogP contribution is 2.24. The normalized spacial score (nSPS) is 18.2. The lowest BCUT2D eigenvalue weighted by molar-refractivity contribution is 0.0526. The van der Waals surface area contributed by atoms with Gasteiger partial charge in [0.15, 0.2) is 0 Å². The predicted molar refractivity (Wildman–Crippen MR) is 90.8 cm³/mol. The fraction of sp³-hybridized carbons (Fsp3) is 0.471. The van der Waals surface area contributed by atoms with Gasteiger partial charge in [0.05, 0.1) is 30.0 Å². The van der Waals surface area contributed by atoms with Crippen LogP contribution >= 0.6 is 11.3 Å². The quantitative estimate of drug-likeness (QED) is 0.780. The number of hydrogen-bond acceptors (Lipinski definition) is 6. The van der Waals surface area contributed by atoms with Gasteiger partial charge in [0.25, 0.3) is 0 Å². The summed E-state index contributed by atoms with van der Waals surface area (Å²) in [6.45, 7) is 4.96. The van der Waals surface area contributed by atoms with E-state index >= 15 is 0 Å². The lowest BCUT2D eigenvalue weighted by atomic mass is 10.1. The van der Waals surface area contributed by atoms with Crippen molar-refractivity contribution in [2.75, 3.05) is 19.7 Å². The summed E-state index contributed by atoms with van der Waals surface area (Å²) in [5.41, 5.74) is 1.24. The number of ether oxygens (including phenoxy) is 1. The fourth-order valence-corrected chi connectivity index (χ4v) is 3.84. The molecule has 0 spiro atoms. The van der Waals surface area contributed by atoms with Crippen LogP contribution in [-0.2, 0) is 11.3 Å². The minimum Gasteiger partial charge on any atom is -0.462 e. The Labute approximate surface area is 145 Å². The van der Waals surface area contributed by atoms with Gasteiger partial charge in [-0.2, -0.15) is 10.4 Å². The smallest absolute Gasteiger partial charge is 0.341 e. The number of nitrogens with zero attached hydrogens (tertiary/aromatic N) is 4. The van der Waals surface area contributed by atoms with Crippen molar-refractivity contribution in [2.24, 2.45) is 0 Å². The lowest BCUT2D eigenvalue weighted by Gasteiger charge is -2.32. The number of likely N-dealkylation sites (tertiary alicyclic amines) is 1. The molecule has 126 valence electrons. The summed E-state index contributed by atoms with van der Waals surface area (Å²) in [6.07, 6.45) is 5.50. The molecule has 3 rings (SSSR count). The number of piperidine rings is 1. The first-order valence-corrected chi connectivity index (χ1v) is 8.98. The molecule has 1 fully saturated rings. The van der Waals surface area contributed by atoms with Gasteiger partial charge in [0.2, 0.25) is 0 Å². The van der Waals surface area contributed by atoms with Gasteiger partial charge in [-0.3, -0.25) is 9.58 Å². The molecule has 1 atom stereocenters. The SMILES string of the molecule is CCOC(=O)c1cnn(C2CCCN(Cc3cc(C#N)cs3)C2)c1. The molecule has 0 bridgehead atoms. The van der Waals surface area contributed by atoms with Crippen molar-refractivity contribution in [1.29, 1.82) is 5.26 Å². The van der Waals surface area contributed by atoms with Gasteiger partial charge in [0.1, 0.15) is 6.07 Å². The highest BCUT2D eigenvalue weighted by atomic mass is 32.1. The summed E-state index contributed by atoms with van der Waals surface area (Å²) in [5.74, 6) is -0.320. The summed E-state index contributed by atoms with van der Waals surface area (Å²) >= 11 is 1.63. The number of rotatable bonds is 5. The maximum Gasteiger partial charge on any atom is 0.341 e. The number of carbonyl (C=O) groups is 1. The van der Waals surface area contributed by atoms with E-state index in [1.807, 2.05) is 16.1 Å². The number of carbonyl (C=O) groups excluding carboxylic acids is 1. The standard InChI is InChI=1S/C17H20N4O2S/c1-2-23-17(22)14-8-19-21(9-14)15-4-3-5-20(10-15)11-16-6-13(7-18)12-24-16/h6,8-9,12,15H,2-5,10-11H2,1H3. The molecule has 7 heteroatoms. The van der Waals surface area contributed by atoms with Crippen molar-refractivity contribution >= 4 is 17.3 Å². The van der Waals surface area contributed by atoms with Crippen molar-refractivity contribution < 1.29 is 9.53 Å². The third-order valence-electron chi connectivity index (χ3n) is 4.13. The van der Waals surface area contributed by atoms with E-state index in [9.17, 15) is 4.79 Å². The van der Waals surface area contributed by atoms with Gasteiger partial charge in [-0.05, 0) is 32.4 Å². The van der Waals surface area contributed by atoms with Crippen molar-refractivity contribution in [3.8, 4) is 6.07 Å². The summed E-state index contributed by atoms with van der Waals surface area (Å²) in [4.78, 5) is 15.4. The molecule has 6 nitrogen and oxygen atoms in total. The Hall–Kier alpha value is -2.17. The number of aromatic nitrogens is 2. The van der Waals surface area contributed by atoms with Crippen LogP contribution in [0.3, 0.4) is 0 Å². The molecule has 2 aromatic rings. The number of nitriles is 1. The van der Waals surface area contributed by atoms with Crippen LogP contribution < -0.4 is 0 Å². The number of thiophene rings is 1. The largest absolute Gasteiger partial charge is 0.462 e. The van der Waals surface area contributed by atoms with Crippen LogP contribution in [0, 0.1) is 11.3 Å². The van der Waals surface area contributed by atoms with Crippen molar-refractivity contribution in [3.05, 3.63) is 39.8 Å². The van der Waals surface area contributed by atoms with Gasteiger partial charge >= 0.3 is 5.97 Å². The topological polar surface area (TPSA) is 71.2 Å². The van der Waals surface area contributed by atoms with E-state index in [4.69, 9.17) is 10.00 Å². The number of esters is 1. The molecule has 0 aliphatic carbocycles. The molecular weight excluding hydrogens is 324 g/mol. The summed E-state index contributed by atoms with van der Waals surface area (Å²) < 4.78 is 6.90. The first-order chi connectivity index (χ1) is 11.7. The van der Waals surface area contributed by atoms with E-state index < -0.39 is 0 Å². The van der Waals surface area contributed by atoms with Crippen molar-refractivity contribution in [3.63, 3.8) is 0 Å². The van der Waals surface area contributed by atoms with E-state index in [0.717, 1.165) is 38.0 Å². The van der Waals surface area contributed by atoms with Gasteiger partial charge < -0.3 is 4.74 Å². The maximum absolute atomic E-state index is 11.8. The van der Waals surface area contributed by atoms with Crippen molar-refractivity contribution in [1.82, 2.24) is 14.7 Å². The fourth-order valence-electron chi connectivity index (χ4n) is 2.99. The number of hydrogen-bond donors (Lipinski definition) is 0. The molecular formula is C17H20N4O2S. The van der Waals surface area contributed by atoms with Gasteiger partial charge in [-0.25, -0.2) is 4.79 Å². The molecule has 1 unspecified atom stereocenters. The average molecular weight is 344 g/mol. The second-order valence-electron chi connectivity index (χ2n) is 5.87. The minimum absolute atomic E-state index is 0.261. The molecule has 3 heterocycles. The second-order valence-corrected chi connectivity index (χ2v) is 6.87. The van der Waals surface area contributed by atoms with Crippen LogP contribution in [0.25, 0.3) is 0 Å². The molecule has 0 amide bonds. The van der Waals surface area contributed by atoms with Crippen LogP contribution in [-0.4, -0.2) is 40.3 Å². The molecule has 1 aliphatic heterocycles. The van der Waals surface area contributed by atoms with E-state index in [1.165, 1.54) is 4.88 Å². The summed E-state index contributed by atoms with van der Waals surface area (Å²) in [7, 11) is 0. The molecule has 0 aromatic carbocycles. The zero-order chi connectivity index (χ0) is 16.9. The van der Waals surface area contributed by atoms with Gasteiger partial charge in [0, 0.05) is 29.5 Å². The maximum atomic E-state index is 11.8. The third-order valence-corrected chi connectivity index (χ3v) is 5.05. The first-order valence-electron chi connectivity index (χ1n) is 8.10. The lowest BCUT2D eigenvalue weighted by Crippen LogP contribution is -2.36. The zero-order valence-corrected chi connectivity index (χ0v) is 14.5. The molecule has 2 aromatic heterocycles. The summed E-state index contributed by atoms with van der Waals surface area (Å²) in [6, 6.07) is 4.40. The Bertz CT molecular complexity index is 746. The summed E-state index contributed by atoms with van der Waals surface area (Å²) in [5, 5.41) is 15.2. The van der Waals surface area contributed by atoms with Crippen LogP contribution in [0.2, 0.25) is 0 Å². The van der Waals surface area contributed by atoms with E-state index in [0.29, 0.717) is 12.2 Å². The van der Waals surface area contributed by atoms with Crippen LogP contribution in [0.4, 0.5) is 0 Å². The predicted octanol–water partition coefficient (Wildman–Crippen LogP) is 2.83. The Morgan fingerprint density at radius 1 is 1.58 bits per heavy atom. The first kappa shape index (κ1) is 16.7. The molecule has 0 radical (unpaired) electrons. The zero-order valence-electron chi connectivity index (χ0n) is 13.6. The average Bonchev–Trinajstić information content (AvgIpc) is 3.24. The van der Waals surface area contributed by atoms with Crippen molar-refractivity contribution in [2.45, 2.75) is 32.4 Å². The Kier molecular flexibility index (Phi) is 5.28. The van der Waals surface area contributed by atoms with Crippen LogP contribution in [0.1, 0.15) is 46.6 Å². The Balaban J connectivity index is 1.63. The van der Waals surface area contributed by atoms with Crippen LogP contribution in [0.5, 0.6) is 0 Å². The molecule has 1 aliphatic rings. The van der Waals surface area contributed by atoms with Crippen LogP contribution in [0.15, 0.2) is 23.8 Å².